The summed E-state index contributed by atoms with van der Waals surface area (Å²) in [6, 6.07) is -0.833. The van der Waals surface area contributed by atoms with Gasteiger partial charge in [-0.2, -0.15) is 0 Å². The van der Waals surface area contributed by atoms with Crippen molar-refractivity contribution in [1.29, 1.82) is 0 Å². The number of carbonyl (C=O) groups excluding carboxylic acids is 1. The van der Waals surface area contributed by atoms with Gasteiger partial charge in [0.1, 0.15) is 6.10 Å². The van der Waals surface area contributed by atoms with Crippen LogP contribution in [0.5, 0.6) is 0 Å². The maximum Gasteiger partial charge on any atom is 0.469 e. The van der Waals surface area contributed by atoms with E-state index in [9.17, 15) is 4.57 Å². The topological polar surface area (TPSA) is 176 Å². The molecule has 0 saturated heterocycles. The van der Waals surface area contributed by atoms with Crippen LogP contribution in [0.1, 0.15) is 0 Å². The molecule has 86 valence electrons. The second-order valence-corrected chi connectivity index (χ2v) is 3.26. The number of rotatable bonds is 4. The summed E-state index contributed by atoms with van der Waals surface area (Å²) < 4.78 is 13.8. The summed E-state index contributed by atoms with van der Waals surface area (Å²) in [5.41, 5.74) is 8.50. The number of phosphoric ester groups is 1. The average molecular weight is 232 g/mol. The molecular formula is C4H13N2O7P. The minimum atomic E-state index is -4.50. The summed E-state index contributed by atoms with van der Waals surface area (Å²) in [4.78, 5) is 25.1. The average Bonchev–Trinajstić information content (AvgIpc) is 1.97. The Labute approximate surface area is 79.5 Å². The van der Waals surface area contributed by atoms with E-state index in [1.165, 1.54) is 0 Å². The lowest BCUT2D eigenvalue weighted by molar-refractivity contribution is 0.0419. The summed E-state index contributed by atoms with van der Waals surface area (Å²) in [5.74, 6) is 0. The molecule has 1 unspecified atom stereocenters. The smallest absolute Gasteiger partial charge is 0.394 e. The molecule has 1 atom stereocenters. The molecule has 0 radical (unpaired) electrons. The van der Waals surface area contributed by atoms with Crippen molar-refractivity contribution in [3.63, 3.8) is 0 Å². The fourth-order valence-electron chi connectivity index (χ4n) is 0.236. The van der Waals surface area contributed by atoms with Crippen molar-refractivity contribution in [2.45, 2.75) is 6.10 Å². The molecule has 0 aliphatic heterocycles. The summed E-state index contributed by atoms with van der Waals surface area (Å²) in [5, 5.41) is 16.7. The molecule has 0 aliphatic carbocycles. The molecule has 0 aromatic carbocycles. The van der Waals surface area contributed by atoms with Crippen LogP contribution in [0.25, 0.3) is 0 Å². The highest BCUT2D eigenvalue weighted by Gasteiger charge is 2.15. The van der Waals surface area contributed by atoms with Crippen LogP contribution in [0.3, 0.4) is 0 Å². The second-order valence-electron chi connectivity index (χ2n) is 2.03. The molecule has 8 N–H and O–H groups in total. The van der Waals surface area contributed by atoms with Gasteiger partial charge in [-0.15, -0.1) is 0 Å². The van der Waals surface area contributed by atoms with E-state index < -0.39 is 33.2 Å². The number of primary amides is 2. The van der Waals surface area contributed by atoms with E-state index in [-0.39, 0.29) is 0 Å². The normalized spacial score (nSPS) is 12.6. The van der Waals surface area contributed by atoms with Gasteiger partial charge in [0, 0.05) is 0 Å². The second kappa shape index (κ2) is 7.68. The maximum absolute atomic E-state index is 9.93. The van der Waals surface area contributed by atoms with Crippen molar-refractivity contribution in [3.8, 4) is 0 Å². The highest BCUT2D eigenvalue weighted by molar-refractivity contribution is 7.46. The third-order valence-corrected chi connectivity index (χ3v) is 1.13. The molecule has 0 heterocycles. The highest BCUT2D eigenvalue weighted by Crippen LogP contribution is 2.35. The monoisotopic (exact) mass is 232 g/mol. The number of hydrogen-bond acceptors (Lipinski definition) is 5. The quantitative estimate of drug-likeness (QED) is 0.289. The predicted molar refractivity (Wildman–Crippen MR) is 44.9 cm³/mol. The van der Waals surface area contributed by atoms with Crippen LogP contribution >= 0.6 is 7.82 Å². The van der Waals surface area contributed by atoms with Crippen LogP contribution < -0.4 is 11.5 Å². The largest absolute Gasteiger partial charge is 0.469 e. The zero-order chi connectivity index (χ0) is 11.8. The SMILES string of the molecule is NC(N)=O.O=P(O)(O)OCC(O)CO. The highest BCUT2D eigenvalue weighted by atomic mass is 31.2. The first kappa shape index (κ1) is 15.8. The Morgan fingerprint density at radius 2 is 1.79 bits per heavy atom. The van der Waals surface area contributed by atoms with Crippen molar-refractivity contribution in [1.82, 2.24) is 0 Å². The van der Waals surface area contributed by atoms with E-state index >= 15 is 0 Å². The molecule has 14 heavy (non-hydrogen) atoms. The van der Waals surface area contributed by atoms with Gasteiger partial charge in [-0.05, 0) is 0 Å². The molecule has 0 aromatic rings. The number of urea groups is 1. The zero-order valence-electron chi connectivity index (χ0n) is 7.11. The van der Waals surface area contributed by atoms with Gasteiger partial charge in [0.2, 0.25) is 0 Å². The first-order chi connectivity index (χ1) is 6.19. The van der Waals surface area contributed by atoms with Crippen LogP contribution in [0, 0.1) is 0 Å². The van der Waals surface area contributed by atoms with Crippen LogP contribution in [-0.4, -0.2) is 45.3 Å². The van der Waals surface area contributed by atoms with E-state index in [2.05, 4.69) is 16.0 Å². The number of nitrogens with two attached hydrogens (primary N) is 2. The molecular weight excluding hydrogens is 219 g/mol. The number of hydrogen-bond donors (Lipinski definition) is 6. The fourth-order valence-corrected chi connectivity index (χ4v) is 0.602. The van der Waals surface area contributed by atoms with Gasteiger partial charge in [0.05, 0.1) is 13.2 Å². The standard InChI is InChI=1S/C3H9O6P.CH4N2O/c4-1-3(5)2-9-10(6,7)8;2-1(3)4/h3-5H,1-2H2,(H2,6,7,8);(H4,2,3,4). The molecule has 0 spiro atoms. The van der Waals surface area contributed by atoms with Crippen molar-refractivity contribution < 1.29 is 33.9 Å². The molecule has 0 aliphatic rings. The number of phosphoric acid groups is 1. The molecule has 0 aromatic heterocycles. The minimum Gasteiger partial charge on any atom is -0.394 e. The molecule has 2 amide bonds. The van der Waals surface area contributed by atoms with Crippen molar-refractivity contribution in [2.75, 3.05) is 13.2 Å². The van der Waals surface area contributed by atoms with Gasteiger partial charge in [0.15, 0.2) is 0 Å². The Morgan fingerprint density at radius 1 is 1.43 bits per heavy atom. The summed E-state index contributed by atoms with van der Waals surface area (Å²) in [7, 11) is -4.50. The predicted octanol–water partition coefficient (Wildman–Crippen LogP) is -2.53. The van der Waals surface area contributed by atoms with E-state index in [1.54, 1.807) is 0 Å². The third-order valence-electron chi connectivity index (χ3n) is 0.646. The molecule has 9 nitrogen and oxygen atoms in total. The van der Waals surface area contributed by atoms with E-state index in [0.717, 1.165) is 0 Å². The number of carbonyl (C=O) groups is 1. The summed E-state index contributed by atoms with van der Waals surface area (Å²) in [6.45, 7) is -1.15. The van der Waals surface area contributed by atoms with Crippen molar-refractivity contribution in [3.05, 3.63) is 0 Å². The van der Waals surface area contributed by atoms with Gasteiger partial charge in [-0.1, -0.05) is 0 Å². The van der Waals surface area contributed by atoms with Gasteiger partial charge in [-0.25, -0.2) is 9.36 Å². The molecule has 0 saturated carbocycles. The lowest BCUT2D eigenvalue weighted by atomic mass is 10.4. The first-order valence-electron chi connectivity index (χ1n) is 3.23. The van der Waals surface area contributed by atoms with Crippen LogP contribution in [0.4, 0.5) is 4.79 Å². The number of aliphatic hydroxyl groups excluding tert-OH is 2. The van der Waals surface area contributed by atoms with Gasteiger partial charge >= 0.3 is 13.9 Å². The van der Waals surface area contributed by atoms with Crippen molar-refractivity contribution >= 4 is 13.9 Å². The Kier molecular flexibility index (Phi) is 8.65. The van der Waals surface area contributed by atoms with Gasteiger partial charge in [-0.3, -0.25) is 4.52 Å². The molecule has 10 heteroatoms. The van der Waals surface area contributed by atoms with Crippen LogP contribution in [-0.2, 0) is 9.09 Å². The third kappa shape index (κ3) is 22.5. The Hall–Kier alpha value is -0.700. The van der Waals surface area contributed by atoms with Crippen LogP contribution in [0.2, 0.25) is 0 Å². The van der Waals surface area contributed by atoms with Crippen LogP contribution in [0.15, 0.2) is 0 Å². The van der Waals surface area contributed by atoms with E-state index in [4.69, 9.17) is 24.8 Å². The Morgan fingerprint density at radius 3 is 2.00 bits per heavy atom. The number of amides is 2. The van der Waals surface area contributed by atoms with Gasteiger partial charge < -0.3 is 31.5 Å². The zero-order valence-corrected chi connectivity index (χ0v) is 8.00. The minimum absolute atomic E-state index is 0.569. The Bertz CT molecular complexity index is 200. The fraction of sp³-hybridized carbons (Fsp3) is 0.750. The Balaban J connectivity index is 0. The number of aliphatic hydroxyl groups is 2. The molecule has 0 rings (SSSR count). The molecule has 0 bridgehead atoms. The van der Waals surface area contributed by atoms with Gasteiger partial charge in [0.25, 0.3) is 0 Å². The van der Waals surface area contributed by atoms with E-state index in [1.807, 2.05) is 0 Å². The van der Waals surface area contributed by atoms with Crippen molar-refractivity contribution in [2.24, 2.45) is 11.5 Å². The lowest BCUT2D eigenvalue weighted by Gasteiger charge is -2.07. The summed E-state index contributed by atoms with van der Waals surface area (Å²) in [6.07, 6.45) is -1.24. The lowest BCUT2D eigenvalue weighted by Crippen LogP contribution is -2.18. The van der Waals surface area contributed by atoms with E-state index in [0.29, 0.717) is 0 Å². The first-order valence-corrected chi connectivity index (χ1v) is 4.76. The maximum atomic E-state index is 9.93. The molecule has 0 fully saturated rings. The summed E-state index contributed by atoms with van der Waals surface area (Å²) >= 11 is 0.